The highest BCUT2D eigenvalue weighted by Crippen LogP contribution is 2.36. The first-order valence-electron chi connectivity index (χ1n) is 7.13. The normalized spacial score (nSPS) is 28.6. The number of nitrogens with zero attached hydrogens (tertiary/aromatic N) is 2. The number of ether oxygens (including phenoxy) is 1. The van der Waals surface area contributed by atoms with Crippen LogP contribution in [0.2, 0.25) is 0 Å². The van der Waals surface area contributed by atoms with Gasteiger partial charge < -0.3 is 20.1 Å². The summed E-state index contributed by atoms with van der Waals surface area (Å²) in [6, 6.07) is 4.01. The van der Waals surface area contributed by atoms with E-state index in [-0.39, 0.29) is 6.61 Å². The van der Waals surface area contributed by atoms with E-state index < -0.39 is 24.5 Å². The summed E-state index contributed by atoms with van der Waals surface area (Å²) in [5, 5.41) is 30.2. The van der Waals surface area contributed by atoms with Gasteiger partial charge in [-0.15, -0.1) is 0 Å². The van der Waals surface area contributed by atoms with E-state index in [0.29, 0.717) is 5.16 Å². The number of hydrogen-bond acceptors (Lipinski definition) is 6. The van der Waals surface area contributed by atoms with Crippen LogP contribution in [0, 0.1) is 13.8 Å². The van der Waals surface area contributed by atoms with Crippen LogP contribution in [0.1, 0.15) is 17.4 Å². The van der Waals surface area contributed by atoms with Crippen molar-refractivity contribution in [3.63, 3.8) is 0 Å². The molecule has 1 aromatic heterocycles. The van der Waals surface area contributed by atoms with Gasteiger partial charge in [-0.25, -0.2) is 4.98 Å². The van der Waals surface area contributed by atoms with Crippen molar-refractivity contribution in [2.45, 2.75) is 43.5 Å². The number of aromatic nitrogens is 2. The lowest BCUT2D eigenvalue weighted by molar-refractivity contribution is -0.0545. The van der Waals surface area contributed by atoms with Gasteiger partial charge in [0.2, 0.25) is 0 Å². The second-order valence-electron chi connectivity index (χ2n) is 5.62. The van der Waals surface area contributed by atoms with Gasteiger partial charge in [0.15, 0.2) is 11.4 Å². The lowest BCUT2D eigenvalue weighted by atomic mass is 10.1. The molecule has 1 aliphatic heterocycles. The molecule has 7 heteroatoms. The molecule has 0 spiro atoms. The molecule has 0 amide bonds. The molecule has 3 rings (SSSR count). The van der Waals surface area contributed by atoms with E-state index in [0.717, 1.165) is 22.2 Å². The number of hydrogen-bond donors (Lipinski definition) is 3. The highest BCUT2D eigenvalue weighted by atomic mass is 32.2. The number of fused-ring (bicyclic) bond motifs is 1. The van der Waals surface area contributed by atoms with Crippen molar-refractivity contribution in [1.82, 2.24) is 9.55 Å². The van der Waals surface area contributed by atoms with Crippen LogP contribution in [0.25, 0.3) is 11.0 Å². The fourth-order valence-electron chi connectivity index (χ4n) is 2.81. The third-order valence-corrected chi connectivity index (χ3v) is 4.88. The van der Waals surface area contributed by atoms with Crippen molar-refractivity contribution < 1.29 is 20.1 Å². The fourth-order valence-corrected chi connectivity index (χ4v) is 3.40. The maximum atomic E-state index is 10.3. The molecule has 1 aromatic carbocycles. The maximum Gasteiger partial charge on any atom is 0.170 e. The predicted molar refractivity (Wildman–Crippen MR) is 84.0 cm³/mol. The zero-order chi connectivity index (χ0) is 16.0. The molecule has 2 heterocycles. The SMILES string of the molecule is CSc1nc2cc(C)c(C)cc2n1C1OC(CO)C(O)C1O. The van der Waals surface area contributed by atoms with Crippen molar-refractivity contribution in [2.75, 3.05) is 12.9 Å². The minimum absolute atomic E-state index is 0.339. The number of thioether (sulfide) groups is 1. The van der Waals surface area contributed by atoms with Gasteiger partial charge in [0.05, 0.1) is 17.6 Å². The van der Waals surface area contributed by atoms with Gasteiger partial charge >= 0.3 is 0 Å². The van der Waals surface area contributed by atoms with Gasteiger partial charge in [0, 0.05) is 0 Å². The van der Waals surface area contributed by atoms with Crippen LogP contribution in [0.3, 0.4) is 0 Å². The first kappa shape index (κ1) is 15.8. The minimum atomic E-state index is -1.12. The number of aliphatic hydroxyl groups excluding tert-OH is 3. The molecule has 120 valence electrons. The Hall–Kier alpha value is -1.12. The Balaban J connectivity index is 2.15. The van der Waals surface area contributed by atoms with Crippen LogP contribution in [0.15, 0.2) is 17.3 Å². The van der Waals surface area contributed by atoms with E-state index in [1.54, 1.807) is 4.57 Å². The number of rotatable bonds is 3. The van der Waals surface area contributed by atoms with Crippen LogP contribution in [0.4, 0.5) is 0 Å². The van der Waals surface area contributed by atoms with Crippen LogP contribution in [-0.2, 0) is 4.74 Å². The first-order valence-corrected chi connectivity index (χ1v) is 8.36. The van der Waals surface area contributed by atoms with Crippen molar-refractivity contribution >= 4 is 22.8 Å². The Morgan fingerprint density at radius 2 is 1.91 bits per heavy atom. The van der Waals surface area contributed by atoms with E-state index in [2.05, 4.69) is 4.98 Å². The Morgan fingerprint density at radius 3 is 2.50 bits per heavy atom. The Bertz CT molecular complexity index is 702. The van der Waals surface area contributed by atoms with E-state index in [9.17, 15) is 15.3 Å². The van der Waals surface area contributed by atoms with Crippen LogP contribution in [0.5, 0.6) is 0 Å². The molecular formula is C15H20N2O4S. The quantitative estimate of drug-likeness (QED) is 0.730. The summed E-state index contributed by atoms with van der Waals surface area (Å²) in [6.45, 7) is 3.70. The standard InChI is InChI=1S/C15H20N2O4S/c1-7-4-9-10(5-8(7)2)17(15(16-9)22-3)14-13(20)12(19)11(6-18)21-14/h4-5,11-14,18-20H,6H2,1-3H3. The summed E-state index contributed by atoms with van der Waals surface area (Å²) >= 11 is 1.45. The van der Waals surface area contributed by atoms with Gasteiger partial charge in [0.25, 0.3) is 0 Å². The third-order valence-electron chi connectivity index (χ3n) is 4.23. The molecule has 1 saturated heterocycles. The van der Waals surface area contributed by atoms with Gasteiger partial charge in [-0.3, -0.25) is 4.57 Å². The summed E-state index contributed by atoms with van der Waals surface area (Å²) in [7, 11) is 0. The molecule has 22 heavy (non-hydrogen) atoms. The van der Waals surface area contributed by atoms with E-state index in [1.807, 2.05) is 32.2 Å². The molecule has 1 fully saturated rings. The Morgan fingerprint density at radius 1 is 1.23 bits per heavy atom. The minimum Gasteiger partial charge on any atom is -0.394 e. The molecule has 0 bridgehead atoms. The van der Waals surface area contributed by atoms with Crippen molar-refractivity contribution in [2.24, 2.45) is 0 Å². The predicted octanol–water partition coefficient (Wildman–Crippen LogP) is 0.987. The topological polar surface area (TPSA) is 87.7 Å². The molecule has 4 unspecified atom stereocenters. The van der Waals surface area contributed by atoms with Crippen LogP contribution >= 0.6 is 11.8 Å². The summed E-state index contributed by atoms with van der Waals surface area (Å²) in [6.07, 6.45) is -1.88. The second-order valence-corrected chi connectivity index (χ2v) is 6.40. The average molecular weight is 324 g/mol. The van der Waals surface area contributed by atoms with Crippen LogP contribution in [-0.4, -0.2) is 56.0 Å². The van der Waals surface area contributed by atoms with Gasteiger partial charge in [0.1, 0.15) is 18.3 Å². The van der Waals surface area contributed by atoms with Gasteiger partial charge in [-0.1, -0.05) is 11.8 Å². The number of aryl methyl sites for hydroxylation is 2. The zero-order valence-electron chi connectivity index (χ0n) is 12.7. The van der Waals surface area contributed by atoms with Crippen molar-refractivity contribution in [3.05, 3.63) is 23.3 Å². The molecule has 2 aromatic rings. The summed E-state index contributed by atoms with van der Waals surface area (Å²) in [5.41, 5.74) is 3.94. The molecule has 3 N–H and O–H groups in total. The van der Waals surface area contributed by atoms with Crippen molar-refractivity contribution in [1.29, 1.82) is 0 Å². The smallest absolute Gasteiger partial charge is 0.170 e. The molecule has 6 nitrogen and oxygen atoms in total. The summed E-state index contributed by atoms with van der Waals surface area (Å²) in [4.78, 5) is 4.58. The number of benzene rings is 1. The molecule has 4 atom stereocenters. The highest BCUT2D eigenvalue weighted by Gasteiger charge is 2.44. The highest BCUT2D eigenvalue weighted by molar-refractivity contribution is 7.98. The number of imidazole rings is 1. The largest absolute Gasteiger partial charge is 0.394 e. The molecular weight excluding hydrogens is 304 g/mol. The fraction of sp³-hybridized carbons (Fsp3) is 0.533. The van der Waals surface area contributed by atoms with Crippen LogP contribution < -0.4 is 0 Å². The average Bonchev–Trinajstić information content (AvgIpc) is 2.98. The van der Waals surface area contributed by atoms with E-state index >= 15 is 0 Å². The molecule has 0 aliphatic carbocycles. The lowest BCUT2D eigenvalue weighted by Crippen LogP contribution is -2.33. The maximum absolute atomic E-state index is 10.3. The van der Waals surface area contributed by atoms with E-state index in [4.69, 9.17) is 4.74 Å². The van der Waals surface area contributed by atoms with E-state index in [1.165, 1.54) is 11.8 Å². The zero-order valence-corrected chi connectivity index (χ0v) is 13.5. The first-order chi connectivity index (χ1) is 10.5. The summed E-state index contributed by atoms with van der Waals surface area (Å²) in [5.74, 6) is 0. The molecule has 0 saturated carbocycles. The van der Waals surface area contributed by atoms with Crippen molar-refractivity contribution in [3.8, 4) is 0 Å². The van der Waals surface area contributed by atoms with Gasteiger partial charge in [-0.05, 0) is 43.4 Å². The van der Waals surface area contributed by atoms with Gasteiger partial charge in [-0.2, -0.15) is 0 Å². The Labute approximate surface area is 132 Å². The Kier molecular flexibility index (Phi) is 4.17. The monoisotopic (exact) mass is 324 g/mol. The molecule has 1 aliphatic rings. The number of aliphatic hydroxyl groups is 3. The summed E-state index contributed by atoms with van der Waals surface area (Å²) < 4.78 is 7.46. The molecule has 0 radical (unpaired) electrons. The third kappa shape index (κ3) is 2.33. The second kappa shape index (κ2) is 5.82. The lowest BCUT2D eigenvalue weighted by Gasteiger charge is -2.19.